The van der Waals surface area contributed by atoms with Crippen LogP contribution in [0.2, 0.25) is 0 Å². The molecule has 1 heterocycles. The molecular formula is C23H20OSe2. The van der Waals surface area contributed by atoms with Crippen molar-refractivity contribution >= 4 is 38.8 Å². The average Bonchev–Trinajstić information content (AvgIpc) is 2.71. The molecule has 130 valence electrons. The molecule has 3 heteroatoms. The fourth-order valence-electron chi connectivity index (χ4n) is 2.95. The van der Waals surface area contributed by atoms with E-state index in [4.69, 9.17) is 4.74 Å². The van der Waals surface area contributed by atoms with E-state index in [2.05, 4.69) is 91.0 Å². The van der Waals surface area contributed by atoms with Crippen LogP contribution in [0.3, 0.4) is 0 Å². The maximum absolute atomic E-state index is 6.28. The summed E-state index contributed by atoms with van der Waals surface area (Å²) in [4.78, 5) is 0. The molecule has 0 saturated carbocycles. The molecule has 0 fully saturated rings. The summed E-state index contributed by atoms with van der Waals surface area (Å²) in [6, 6.07) is 32.5. The molecule has 0 bridgehead atoms. The first-order chi connectivity index (χ1) is 12.9. The van der Waals surface area contributed by atoms with Gasteiger partial charge < -0.3 is 0 Å². The van der Waals surface area contributed by atoms with Gasteiger partial charge in [0.15, 0.2) is 0 Å². The molecule has 0 radical (unpaired) electrons. The van der Waals surface area contributed by atoms with Crippen LogP contribution in [0.15, 0.2) is 99.9 Å². The molecule has 1 aliphatic heterocycles. The summed E-state index contributed by atoms with van der Waals surface area (Å²) >= 11 is 0.651. The van der Waals surface area contributed by atoms with Crippen molar-refractivity contribution in [2.75, 3.05) is 6.61 Å². The van der Waals surface area contributed by atoms with Crippen molar-refractivity contribution in [1.82, 2.24) is 0 Å². The zero-order valence-electron chi connectivity index (χ0n) is 14.4. The second kappa shape index (κ2) is 8.86. The molecule has 1 atom stereocenters. The quantitative estimate of drug-likeness (QED) is 0.520. The Hall–Kier alpha value is -1.60. The van der Waals surface area contributed by atoms with Gasteiger partial charge in [-0.25, -0.2) is 0 Å². The minimum atomic E-state index is 0.103. The van der Waals surface area contributed by atoms with E-state index in [0.29, 0.717) is 15.0 Å². The third kappa shape index (κ3) is 4.38. The van der Waals surface area contributed by atoms with E-state index in [1.807, 2.05) is 0 Å². The van der Waals surface area contributed by atoms with Crippen LogP contribution in [0.25, 0.3) is 0 Å². The summed E-state index contributed by atoms with van der Waals surface area (Å²) in [5.41, 5.74) is 1.28. The average molecular weight is 470 g/mol. The van der Waals surface area contributed by atoms with Crippen molar-refractivity contribution in [3.05, 3.63) is 106 Å². The van der Waals surface area contributed by atoms with E-state index in [9.17, 15) is 0 Å². The standard InChI is InChI=1S/C23H20OSe2/c1-4-10-18(11-5-1)22-23(26-20-14-8-3-9-15-20)21(16-17-24-22)25-19-12-6-2-7-13-19/h1-15,22H,16-17H2. The van der Waals surface area contributed by atoms with Crippen LogP contribution in [0.1, 0.15) is 18.1 Å². The molecule has 3 aromatic rings. The normalized spacial score (nSPS) is 17.3. The van der Waals surface area contributed by atoms with Crippen LogP contribution in [0, 0.1) is 0 Å². The number of hydrogen-bond acceptors (Lipinski definition) is 1. The zero-order valence-corrected chi connectivity index (χ0v) is 17.8. The van der Waals surface area contributed by atoms with E-state index >= 15 is 0 Å². The van der Waals surface area contributed by atoms with Crippen LogP contribution in [0.5, 0.6) is 0 Å². The van der Waals surface area contributed by atoms with Gasteiger partial charge in [-0.05, 0) is 0 Å². The van der Waals surface area contributed by atoms with Crippen molar-refractivity contribution in [3.63, 3.8) is 0 Å². The topological polar surface area (TPSA) is 9.23 Å². The Morgan fingerprint density at radius 3 is 1.81 bits per heavy atom. The molecule has 1 unspecified atom stereocenters. The molecule has 3 aromatic carbocycles. The van der Waals surface area contributed by atoms with Crippen molar-refractivity contribution in [2.45, 2.75) is 12.5 Å². The van der Waals surface area contributed by atoms with E-state index in [-0.39, 0.29) is 21.1 Å². The molecule has 0 aliphatic carbocycles. The number of hydrogen-bond donors (Lipinski definition) is 0. The molecular weight excluding hydrogens is 450 g/mol. The van der Waals surface area contributed by atoms with Crippen LogP contribution in [0.4, 0.5) is 0 Å². The van der Waals surface area contributed by atoms with Gasteiger partial charge in [-0.3, -0.25) is 0 Å². The number of ether oxygens (including phenoxy) is 1. The van der Waals surface area contributed by atoms with Crippen LogP contribution < -0.4 is 8.92 Å². The van der Waals surface area contributed by atoms with Crippen LogP contribution in [-0.4, -0.2) is 36.5 Å². The predicted octanol–water partition coefficient (Wildman–Crippen LogP) is 3.42. The van der Waals surface area contributed by atoms with E-state index < -0.39 is 0 Å². The van der Waals surface area contributed by atoms with Gasteiger partial charge in [-0.2, -0.15) is 0 Å². The third-order valence-electron chi connectivity index (χ3n) is 4.18. The Morgan fingerprint density at radius 2 is 1.19 bits per heavy atom. The Balaban J connectivity index is 1.72. The van der Waals surface area contributed by atoms with Gasteiger partial charge in [0, 0.05) is 0 Å². The second-order valence-corrected chi connectivity index (χ2v) is 10.8. The van der Waals surface area contributed by atoms with Gasteiger partial charge in [0.1, 0.15) is 0 Å². The summed E-state index contributed by atoms with van der Waals surface area (Å²) in [7, 11) is 0. The van der Waals surface area contributed by atoms with Gasteiger partial charge in [0.2, 0.25) is 0 Å². The molecule has 0 aromatic heterocycles. The third-order valence-corrected chi connectivity index (χ3v) is 9.80. The maximum atomic E-state index is 6.28. The SMILES string of the molecule is c1ccc([Se]C2=C([Se]c3ccccc3)C(c3ccccc3)OCC2)cc1. The van der Waals surface area contributed by atoms with E-state index in [0.717, 1.165) is 13.0 Å². The van der Waals surface area contributed by atoms with E-state index in [1.165, 1.54) is 19.0 Å². The molecule has 0 amide bonds. The van der Waals surface area contributed by atoms with Gasteiger partial charge in [0.05, 0.1) is 0 Å². The monoisotopic (exact) mass is 472 g/mol. The van der Waals surface area contributed by atoms with Gasteiger partial charge in [-0.15, -0.1) is 0 Å². The fourth-order valence-corrected chi connectivity index (χ4v) is 8.15. The fraction of sp³-hybridized carbons (Fsp3) is 0.130. The van der Waals surface area contributed by atoms with Gasteiger partial charge >= 0.3 is 168 Å². The first kappa shape index (κ1) is 17.8. The zero-order chi connectivity index (χ0) is 17.6. The van der Waals surface area contributed by atoms with Crippen LogP contribution >= 0.6 is 0 Å². The van der Waals surface area contributed by atoms with Crippen molar-refractivity contribution in [1.29, 1.82) is 0 Å². The molecule has 0 saturated heterocycles. The Bertz CT molecular complexity index is 860. The molecule has 26 heavy (non-hydrogen) atoms. The van der Waals surface area contributed by atoms with Crippen molar-refractivity contribution in [2.24, 2.45) is 0 Å². The molecule has 1 aliphatic rings. The molecule has 0 N–H and O–H groups in total. The van der Waals surface area contributed by atoms with Crippen LogP contribution in [-0.2, 0) is 4.74 Å². The molecule has 1 nitrogen and oxygen atoms in total. The summed E-state index contributed by atoms with van der Waals surface area (Å²) in [6.45, 7) is 0.817. The summed E-state index contributed by atoms with van der Waals surface area (Å²) in [6.07, 6.45) is 1.16. The number of rotatable bonds is 5. The summed E-state index contributed by atoms with van der Waals surface area (Å²) < 4.78 is 12.3. The van der Waals surface area contributed by atoms with Gasteiger partial charge in [0.25, 0.3) is 0 Å². The summed E-state index contributed by atoms with van der Waals surface area (Å²) in [5, 5.41) is 0. The first-order valence-corrected chi connectivity index (χ1v) is 12.2. The second-order valence-electron chi connectivity index (χ2n) is 6.03. The van der Waals surface area contributed by atoms with Crippen molar-refractivity contribution in [3.8, 4) is 0 Å². The van der Waals surface area contributed by atoms with E-state index in [1.54, 1.807) is 4.47 Å². The van der Waals surface area contributed by atoms with Crippen molar-refractivity contribution < 1.29 is 4.74 Å². The Kier molecular flexibility index (Phi) is 6.06. The van der Waals surface area contributed by atoms with Gasteiger partial charge in [-0.1, -0.05) is 0 Å². The predicted molar refractivity (Wildman–Crippen MR) is 110 cm³/mol. The molecule has 4 rings (SSSR count). The number of benzene rings is 3. The first-order valence-electron chi connectivity index (χ1n) is 8.75. The molecule has 0 spiro atoms. The summed E-state index contributed by atoms with van der Waals surface area (Å²) in [5.74, 6) is 0. The Labute approximate surface area is 167 Å². The minimum absolute atomic E-state index is 0.103. The Morgan fingerprint density at radius 1 is 0.654 bits per heavy atom.